The predicted octanol–water partition coefficient (Wildman–Crippen LogP) is 1.89. The van der Waals surface area contributed by atoms with E-state index in [1.807, 2.05) is 4.90 Å². The van der Waals surface area contributed by atoms with Crippen molar-refractivity contribution in [3.63, 3.8) is 0 Å². The van der Waals surface area contributed by atoms with Crippen molar-refractivity contribution < 1.29 is 14.7 Å². The molecule has 0 spiro atoms. The number of hydrogen-bond donors (Lipinski definition) is 1. The summed E-state index contributed by atoms with van der Waals surface area (Å²) in [5.74, 6) is 0.682. The van der Waals surface area contributed by atoms with Crippen molar-refractivity contribution in [1.82, 2.24) is 4.90 Å². The van der Waals surface area contributed by atoms with Gasteiger partial charge >= 0.3 is 0 Å². The van der Waals surface area contributed by atoms with Crippen molar-refractivity contribution in [3.8, 4) is 5.75 Å². The molecule has 0 saturated carbocycles. The first kappa shape index (κ1) is 13.4. The first-order valence-corrected chi connectivity index (χ1v) is 6.47. The second-order valence-corrected chi connectivity index (χ2v) is 4.54. The van der Waals surface area contributed by atoms with Gasteiger partial charge in [-0.2, -0.15) is 0 Å². The SMILES string of the molecule is O=C(COc1ccc(/C=N\O)cc1)N1CCCCC1. The molecule has 0 aromatic heterocycles. The Bertz CT molecular complexity index is 437. The normalized spacial score (nSPS) is 15.7. The number of likely N-dealkylation sites (tertiary alicyclic amines) is 1. The number of benzene rings is 1. The first-order chi connectivity index (χ1) is 9.29. The Kier molecular flexibility index (Phi) is 4.78. The van der Waals surface area contributed by atoms with E-state index in [2.05, 4.69) is 5.16 Å². The third-order valence-corrected chi connectivity index (χ3v) is 3.16. The van der Waals surface area contributed by atoms with Crippen molar-refractivity contribution in [2.45, 2.75) is 19.3 Å². The Morgan fingerprint density at radius 2 is 1.95 bits per heavy atom. The van der Waals surface area contributed by atoms with E-state index in [9.17, 15) is 4.79 Å². The second kappa shape index (κ2) is 6.78. The van der Waals surface area contributed by atoms with Crippen LogP contribution < -0.4 is 4.74 Å². The first-order valence-electron chi connectivity index (χ1n) is 6.47. The topological polar surface area (TPSA) is 62.1 Å². The molecule has 1 fully saturated rings. The van der Waals surface area contributed by atoms with Crippen LogP contribution in [0.3, 0.4) is 0 Å². The molecule has 1 heterocycles. The number of oxime groups is 1. The zero-order chi connectivity index (χ0) is 13.5. The molecule has 0 unspecified atom stereocenters. The van der Waals surface area contributed by atoms with Gasteiger partial charge in [0.2, 0.25) is 0 Å². The predicted molar refractivity (Wildman–Crippen MR) is 71.7 cm³/mol. The lowest BCUT2D eigenvalue weighted by Crippen LogP contribution is -2.38. The smallest absolute Gasteiger partial charge is 0.260 e. The molecule has 0 aliphatic carbocycles. The Morgan fingerprint density at radius 1 is 1.26 bits per heavy atom. The maximum absolute atomic E-state index is 11.9. The van der Waals surface area contributed by atoms with Gasteiger partial charge in [0, 0.05) is 13.1 Å². The lowest BCUT2D eigenvalue weighted by Gasteiger charge is -2.26. The van der Waals surface area contributed by atoms with Crippen LogP contribution in [0.25, 0.3) is 0 Å². The zero-order valence-corrected chi connectivity index (χ0v) is 10.8. The zero-order valence-electron chi connectivity index (χ0n) is 10.8. The molecule has 5 heteroatoms. The summed E-state index contributed by atoms with van der Waals surface area (Å²) >= 11 is 0. The van der Waals surface area contributed by atoms with E-state index in [1.54, 1.807) is 24.3 Å². The Labute approximate surface area is 112 Å². The minimum absolute atomic E-state index is 0.0423. The molecule has 1 aliphatic heterocycles. The molecule has 1 aromatic carbocycles. The van der Waals surface area contributed by atoms with E-state index >= 15 is 0 Å². The van der Waals surface area contributed by atoms with Gasteiger partial charge in [-0.05, 0) is 49.1 Å². The number of amides is 1. The highest BCUT2D eigenvalue weighted by Crippen LogP contribution is 2.13. The molecular formula is C14H18N2O3. The second-order valence-electron chi connectivity index (χ2n) is 4.54. The van der Waals surface area contributed by atoms with Crippen LogP contribution in [0.5, 0.6) is 5.75 Å². The summed E-state index contributed by atoms with van der Waals surface area (Å²) in [5, 5.41) is 11.3. The van der Waals surface area contributed by atoms with Crippen LogP contribution >= 0.6 is 0 Å². The molecule has 0 bridgehead atoms. The van der Waals surface area contributed by atoms with Crippen LogP contribution in [0.1, 0.15) is 24.8 Å². The van der Waals surface area contributed by atoms with Crippen molar-refractivity contribution in [2.75, 3.05) is 19.7 Å². The minimum atomic E-state index is 0.0423. The summed E-state index contributed by atoms with van der Waals surface area (Å²) in [6.45, 7) is 1.76. The number of hydrogen-bond acceptors (Lipinski definition) is 4. The van der Waals surface area contributed by atoms with Gasteiger partial charge in [-0.25, -0.2) is 0 Å². The van der Waals surface area contributed by atoms with E-state index in [1.165, 1.54) is 12.6 Å². The summed E-state index contributed by atoms with van der Waals surface area (Å²) in [5.41, 5.74) is 0.775. The number of piperidine rings is 1. The summed E-state index contributed by atoms with van der Waals surface area (Å²) in [6, 6.07) is 7.03. The quantitative estimate of drug-likeness (QED) is 0.512. The van der Waals surface area contributed by atoms with Crippen molar-refractivity contribution >= 4 is 12.1 Å². The van der Waals surface area contributed by atoms with Gasteiger partial charge in [-0.15, -0.1) is 0 Å². The molecule has 1 amide bonds. The van der Waals surface area contributed by atoms with E-state index in [-0.39, 0.29) is 12.5 Å². The Hall–Kier alpha value is -2.04. The van der Waals surface area contributed by atoms with E-state index in [0.29, 0.717) is 5.75 Å². The molecule has 1 N–H and O–H groups in total. The van der Waals surface area contributed by atoms with Gasteiger partial charge in [0.25, 0.3) is 5.91 Å². The highest BCUT2D eigenvalue weighted by Gasteiger charge is 2.16. The van der Waals surface area contributed by atoms with Crippen LogP contribution in [-0.4, -0.2) is 41.9 Å². The molecule has 1 aromatic rings. The summed E-state index contributed by atoms with van der Waals surface area (Å²) in [7, 11) is 0. The van der Waals surface area contributed by atoms with Crippen molar-refractivity contribution in [2.24, 2.45) is 5.16 Å². The minimum Gasteiger partial charge on any atom is -0.484 e. The Morgan fingerprint density at radius 3 is 2.58 bits per heavy atom. The fourth-order valence-electron chi connectivity index (χ4n) is 2.10. The molecular weight excluding hydrogens is 244 g/mol. The average Bonchev–Trinajstić information content (AvgIpc) is 2.47. The number of nitrogens with zero attached hydrogens (tertiary/aromatic N) is 2. The van der Waals surface area contributed by atoms with Crippen LogP contribution in [0.2, 0.25) is 0 Å². The van der Waals surface area contributed by atoms with E-state index < -0.39 is 0 Å². The highest BCUT2D eigenvalue weighted by atomic mass is 16.5. The van der Waals surface area contributed by atoms with Crippen LogP contribution in [0, 0.1) is 0 Å². The molecule has 19 heavy (non-hydrogen) atoms. The fraction of sp³-hybridized carbons (Fsp3) is 0.429. The summed E-state index contributed by atoms with van der Waals surface area (Å²) in [4.78, 5) is 13.7. The molecule has 0 radical (unpaired) electrons. The lowest BCUT2D eigenvalue weighted by atomic mass is 10.1. The lowest BCUT2D eigenvalue weighted by molar-refractivity contribution is -0.134. The monoisotopic (exact) mass is 262 g/mol. The molecule has 0 atom stereocenters. The van der Waals surface area contributed by atoms with Gasteiger partial charge in [0.15, 0.2) is 6.61 Å². The van der Waals surface area contributed by atoms with E-state index in [0.717, 1.165) is 31.5 Å². The third-order valence-electron chi connectivity index (χ3n) is 3.16. The third kappa shape index (κ3) is 3.98. The van der Waals surface area contributed by atoms with Gasteiger partial charge in [-0.3, -0.25) is 4.79 Å². The maximum Gasteiger partial charge on any atom is 0.260 e. The van der Waals surface area contributed by atoms with E-state index in [4.69, 9.17) is 9.94 Å². The highest BCUT2D eigenvalue weighted by molar-refractivity contribution is 5.79. The molecule has 5 nitrogen and oxygen atoms in total. The van der Waals surface area contributed by atoms with Gasteiger partial charge in [0.1, 0.15) is 5.75 Å². The standard InChI is InChI=1S/C14H18N2O3/c17-14(16-8-2-1-3-9-16)11-19-13-6-4-12(5-7-13)10-15-18/h4-7,10,18H,1-3,8-9,11H2/b15-10-. The van der Waals surface area contributed by atoms with Crippen molar-refractivity contribution in [1.29, 1.82) is 0 Å². The molecule has 2 rings (SSSR count). The largest absolute Gasteiger partial charge is 0.484 e. The van der Waals surface area contributed by atoms with Gasteiger partial charge in [0.05, 0.1) is 6.21 Å². The van der Waals surface area contributed by atoms with Crippen LogP contribution in [0.15, 0.2) is 29.4 Å². The van der Waals surface area contributed by atoms with Crippen molar-refractivity contribution in [3.05, 3.63) is 29.8 Å². The molecule has 102 valence electrons. The van der Waals surface area contributed by atoms with Crippen LogP contribution in [-0.2, 0) is 4.79 Å². The molecule has 1 saturated heterocycles. The summed E-state index contributed by atoms with van der Waals surface area (Å²) < 4.78 is 5.46. The summed E-state index contributed by atoms with van der Waals surface area (Å²) in [6.07, 6.45) is 4.71. The van der Waals surface area contributed by atoms with Crippen LogP contribution in [0.4, 0.5) is 0 Å². The maximum atomic E-state index is 11.9. The van der Waals surface area contributed by atoms with Gasteiger partial charge < -0.3 is 14.8 Å². The fourth-order valence-corrected chi connectivity index (χ4v) is 2.10. The number of ether oxygens (including phenoxy) is 1. The average molecular weight is 262 g/mol. The number of rotatable bonds is 4. The Balaban J connectivity index is 1.82. The molecule has 1 aliphatic rings. The van der Waals surface area contributed by atoms with Gasteiger partial charge in [-0.1, -0.05) is 5.16 Å². The number of carbonyl (C=O) groups excluding carboxylic acids is 1. The number of carbonyl (C=O) groups is 1.